The molecule has 3 nitrogen and oxygen atoms in total. The zero-order valence-corrected chi connectivity index (χ0v) is 14.3. The molecular formula is C17H26ClNO2. The van der Waals surface area contributed by atoms with Crippen LogP contribution in [0.1, 0.15) is 51.4 Å². The van der Waals surface area contributed by atoms with Crippen molar-refractivity contribution >= 4 is 17.5 Å². The van der Waals surface area contributed by atoms with Crippen LogP contribution in [-0.2, 0) is 0 Å². The molecule has 0 saturated carbocycles. The molecule has 1 aromatic rings. The number of carbonyl (C=O) groups is 1. The highest BCUT2D eigenvalue weighted by Gasteiger charge is 2.26. The quantitative estimate of drug-likeness (QED) is 0.798. The van der Waals surface area contributed by atoms with E-state index in [-0.39, 0.29) is 23.5 Å². The number of hydrogen-bond donors (Lipinski definition) is 1. The van der Waals surface area contributed by atoms with Gasteiger partial charge >= 0.3 is 0 Å². The van der Waals surface area contributed by atoms with Crippen molar-refractivity contribution in [3.63, 3.8) is 0 Å². The van der Waals surface area contributed by atoms with E-state index in [0.29, 0.717) is 17.2 Å². The summed E-state index contributed by atoms with van der Waals surface area (Å²) in [6.45, 7) is 10.2. The van der Waals surface area contributed by atoms with Crippen LogP contribution in [0, 0.1) is 5.41 Å². The summed E-state index contributed by atoms with van der Waals surface area (Å²) in [6, 6.07) is 7.30. The van der Waals surface area contributed by atoms with Crippen LogP contribution in [0.15, 0.2) is 24.3 Å². The van der Waals surface area contributed by atoms with Gasteiger partial charge in [-0.25, -0.2) is 0 Å². The lowest BCUT2D eigenvalue weighted by atomic mass is 9.85. The number of carbonyl (C=O) groups excluding carboxylic acids is 1. The van der Waals surface area contributed by atoms with Gasteiger partial charge < -0.3 is 10.1 Å². The minimum absolute atomic E-state index is 0.0312. The summed E-state index contributed by atoms with van der Waals surface area (Å²) in [5.74, 6) is 1.15. The van der Waals surface area contributed by atoms with Gasteiger partial charge in [-0.2, -0.15) is 0 Å². The largest absolute Gasteiger partial charge is 0.491 e. The lowest BCUT2D eigenvalue weighted by molar-refractivity contribution is 0.0899. The second-order valence-electron chi connectivity index (χ2n) is 6.56. The van der Waals surface area contributed by atoms with E-state index >= 15 is 0 Å². The van der Waals surface area contributed by atoms with Gasteiger partial charge in [0.15, 0.2) is 0 Å². The average Bonchev–Trinajstić information content (AvgIpc) is 2.36. The fourth-order valence-electron chi connectivity index (χ4n) is 2.06. The van der Waals surface area contributed by atoms with Gasteiger partial charge in [0.05, 0.1) is 6.10 Å². The first kappa shape index (κ1) is 17.8. The summed E-state index contributed by atoms with van der Waals surface area (Å²) >= 11 is 5.84. The van der Waals surface area contributed by atoms with E-state index in [0.717, 1.165) is 6.42 Å². The van der Waals surface area contributed by atoms with Gasteiger partial charge in [0.2, 0.25) is 0 Å². The molecule has 1 rings (SSSR count). The van der Waals surface area contributed by atoms with Crippen LogP contribution in [0.25, 0.3) is 0 Å². The van der Waals surface area contributed by atoms with E-state index in [1.165, 1.54) is 0 Å². The average molecular weight is 312 g/mol. The van der Waals surface area contributed by atoms with Gasteiger partial charge in [0.1, 0.15) is 5.75 Å². The highest BCUT2D eigenvalue weighted by Crippen LogP contribution is 2.23. The van der Waals surface area contributed by atoms with Gasteiger partial charge in [0.25, 0.3) is 5.91 Å². The molecule has 4 heteroatoms. The van der Waals surface area contributed by atoms with E-state index in [4.69, 9.17) is 16.3 Å². The maximum atomic E-state index is 12.4. The Balaban J connectivity index is 2.82. The maximum absolute atomic E-state index is 12.4. The lowest BCUT2D eigenvalue weighted by Crippen LogP contribution is -2.44. The third kappa shape index (κ3) is 5.96. The molecule has 0 spiro atoms. The zero-order chi connectivity index (χ0) is 16.0. The predicted molar refractivity (Wildman–Crippen MR) is 88.3 cm³/mol. The van der Waals surface area contributed by atoms with E-state index in [2.05, 4.69) is 26.1 Å². The molecule has 0 fully saturated rings. The number of benzene rings is 1. The Morgan fingerprint density at radius 2 is 2.00 bits per heavy atom. The second kappa shape index (κ2) is 7.69. The third-order valence-electron chi connectivity index (χ3n) is 3.22. The maximum Gasteiger partial charge on any atom is 0.251 e. The standard InChI is InChI=1S/C17H26ClNO2/c1-12(2)21-14-8-6-7-13(11-14)16(20)19-15(9-10-18)17(3,4)5/h6-8,11-12,15H,9-10H2,1-5H3,(H,19,20). The number of hydrogen-bond acceptors (Lipinski definition) is 2. The first-order valence-electron chi connectivity index (χ1n) is 7.37. The second-order valence-corrected chi connectivity index (χ2v) is 6.94. The van der Waals surface area contributed by atoms with Crippen LogP contribution in [0.4, 0.5) is 0 Å². The third-order valence-corrected chi connectivity index (χ3v) is 3.43. The Kier molecular flexibility index (Phi) is 6.53. The molecule has 1 aromatic carbocycles. The van der Waals surface area contributed by atoms with Crippen LogP contribution in [0.2, 0.25) is 0 Å². The first-order valence-corrected chi connectivity index (χ1v) is 7.91. The predicted octanol–water partition coefficient (Wildman–Crippen LogP) is 4.25. The van der Waals surface area contributed by atoms with Crippen LogP contribution < -0.4 is 10.1 Å². The van der Waals surface area contributed by atoms with Crippen LogP contribution in [0.5, 0.6) is 5.75 Å². The van der Waals surface area contributed by atoms with E-state index in [9.17, 15) is 4.79 Å². The summed E-state index contributed by atoms with van der Waals surface area (Å²) in [5, 5.41) is 3.08. The molecular weight excluding hydrogens is 286 g/mol. The number of nitrogens with one attached hydrogen (secondary N) is 1. The fraction of sp³-hybridized carbons (Fsp3) is 0.588. The summed E-state index contributed by atoms with van der Waals surface area (Å²) in [5.41, 5.74) is 0.577. The van der Waals surface area contributed by atoms with Crippen LogP contribution in [-0.4, -0.2) is 23.9 Å². The number of alkyl halides is 1. The monoisotopic (exact) mass is 311 g/mol. The summed E-state index contributed by atoms with van der Waals surface area (Å²) in [7, 11) is 0. The van der Waals surface area contributed by atoms with Crippen molar-refractivity contribution in [2.24, 2.45) is 5.41 Å². The number of rotatable bonds is 6. The Labute approximate surface area is 133 Å². The van der Waals surface area contributed by atoms with Gasteiger partial charge in [-0.1, -0.05) is 26.8 Å². The summed E-state index contributed by atoms with van der Waals surface area (Å²) in [4.78, 5) is 12.4. The van der Waals surface area contributed by atoms with Crippen molar-refractivity contribution in [2.75, 3.05) is 5.88 Å². The number of halogens is 1. The van der Waals surface area contributed by atoms with E-state index in [1.807, 2.05) is 26.0 Å². The highest BCUT2D eigenvalue weighted by atomic mass is 35.5. The molecule has 0 saturated heterocycles. The van der Waals surface area contributed by atoms with E-state index in [1.54, 1.807) is 12.1 Å². The topological polar surface area (TPSA) is 38.3 Å². The minimum Gasteiger partial charge on any atom is -0.491 e. The minimum atomic E-state index is -0.0887. The molecule has 0 aliphatic carbocycles. The molecule has 0 heterocycles. The first-order chi connectivity index (χ1) is 9.74. The Bertz CT molecular complexity index is 466. The van der Waals surface area contributed by atoms with Gasteiger partial charge in [-0.05, 0) is 43.9 Å². The molecule has 1 unspecified atom stereocenters. The normalized spacial score (nSPS) is 13.1. The van der Waals surface area contributed by atoms with Crippen molar-refractivity contribution in [1.82, 2.24) is 5.32 Å². The molecule has 1 N–H and O–H groups in total. The Morgan fingerprint density at radius 3 is 2.52 bits per heavy atom. The molecule has 1 atom stereocenters. The molecule has 0 aliphatic rings. The van der Waals surface area contributed by atoms with Crippen molar-refractivity contribution in [3.8, 4) is 5.75 Å². The zero-order valence-electron chi connectivity index (χ0n) is 13.6. The Morgan fingerprint density at radius 1 is 1.33 bits per heavy atom. The number of amides is 1. The molecule has 0 radical (unpaired) electrons. The number of ether oxygens (including phenoxy) is 1. The van der Waals surface area contributed by atoms with Crippen molar-refractivity contribution in [3.05, 3.63) is 29.8 Å². The SMILES string of the molecule is CC(C)Oc1cccc(C(=O)NC(CCCl)C(C)(C)C)c1. The molecule has 21 heavy (non-hydrogen) atoms. The highest BCUT2D eigenvalue weighted by molar-refractivity contribution is 6.17. The Hall–Kier alpha value is -1.22. The fourth-order valence-corrected chi connectivity index (χ4v) is 2.27. The summed E-state index contributed by atoms with van der Waals surface area (Å²) < 4.78 is 5.62. The molecule has 1 amide bonds. The smallest absolute Gasteiger partial charge is 0.251 e. The molecule has 0 bridgehead atoms. The van der Waals surface area contributed by atoms with Crippen LogP contribution >= 0.6 is 11.6 Å². The van der Waals surface area contributed by atoms with Crippen molar-refractivity contribution in [2.45, 2.75) is 53.2 Å². The van der Waals surface area contributed by atoms with Crippen LogP contribution in [0.3, 0.4) is 0 Å². The van der Waals surface area contributed by atoms with Gasteiger partial charge in [-0.15, -0.1) is 11.6 Å². The molecule has 0 aromatic heterocycles. The molecule has 0 aliphatic heterocycles. The van der Waals surface area contributed by atoms with Crippen molar-refractivity contribution < 1.29 is 9.53 Å². The van der Waals surface area contributed by atoms with Crippen molar-refractivity contribution in [1.29, 1.82) is 0 Å². The molecule has 118 valence electrons. The van der Waals surface area contributed by atoms with Gasteiger partial charge in [0, 0.05) is 17.5 Å². The van der Waals surface area contributed by atoms with Gasteiger partial charge in [-0.3, -0.25) is 4.79 Å². The summed E-state index contributed by atoms with van der Waals surface area (Å²) in [6.07, 6.45) is 0.834. The lowest BCUT2D eigenvalue weighted by Gasteiger charge is -2.31. The van der Waals surface area contributed by atoms with E-state index < -0.39 is 0 Å².